The number of sulfonamides is 1. The first kappa shape index (κ1) is 21.5. The van der Waals surface area contributed by atoms with E-state index >= 15 is 0 Å². The summed E-state index contributed by atoms with van der Waals surface area (Å²) in [6, 6.07) is 6.45. The standard InChI is InChI=1S/C22H23ClN2O5S/c1-4-12-8-14-17(24-16-6-5-7-18(26)21(14)16)11-20(12)31(27,28)25-22-15(23)9-13(29-2)10-19(22)30-3/h8-11,24-25H,4-7H2,1-3H3. The maximum atomic E-state index is 13.4. The first-order valence-corrected chi connectivity index (χ1v) is 11.8. The Morgan fingerprint density at radius 2 is 1.90 bits per heavy atom. The number of carbonyl (C=O) groups excluding carboxylic acids is 1. The number of ether oxygens (including phenoxy) is 2. The van der Waals surface area contributed by atoms with Crippen molar-refractivity contribution in [1.82, 2.24) is 4.98 Å². The minimum atomic E-state index is -4.00. The number of nitrogens with one attached hydrogen (secondary N) is 2. The van der Waals surface area contributed by atoms with Gasteiger partial charge in [0.1, 0.15) is 17.2 Å². The number of hydrogen-bond acceptors (Lipinski definition) is 5. The monoisotopic (exact) mass is 462 g/mol. The highest BCUT2D eigenvalue weighted by Gasteiger charge is 2.27. The van der Waals surface area contributed by atoms with Crippen LogP contribution in [0.25, 0.3) is 10.9 Å². The number of hydrogen-bond donors (Lipinski definition) is 2. The van der Waals surface area contributed by atoms with E-state index < -0.39 is 10.0 Å². The summed E-state index contributed by atoms with van der Waals surface area (Å²) >= 11 is 6.31. The quantitative estimate of drug-likeness (QED) is 0.552. The summed E-state index contributed by atoms with van der Waals surface area (Å²) in [5, 5.41) is 0.926. The molecule has 0 saturated carbocycles. The van der Waals surface area contributed by atoms with Crippen LogP contribution in [0.3, 0.4) is 0 Å². The van der Waals surface area contributed by atoms with Crippen LogP contribution in [0.4, 0.5) is 5.69 Å². The number of fused-ring (bicyclic) bond motifs is 3. The molecule has 0 saturated heterocycles. The van der Waals surface area contributed by atoms with Crippen LogP contribution in [0.15, 0.2) is 29.2 Å². The highest BCUT2D eigenvalue weighted by Crippen LogP contribution is 2.39. The van der Waals surface area contributed by atoms with E-state index in [1.54, 1.807) is 18.2 Å². The average Bonchev–Trinajstić information content (AvgIpc) is 3.12. The van der Waals surface area contributed by atoms with E-state index in [1.165, 1.54) is 20.3 Å². The van der Waals surface area contributed by atoms with Crippen LogP contribution in [-0.2, 0) is 22.9 Å². The fraction of sp³-hybridized carbons (Fsp3) is 0.318. The molecule has 164 valence electrons. The van der Waals surface area contributed by atoms with E-state index in [2.05, 4.69) is 9.71 Å². The SMILES string of the molecule is CCc1cc2c3c([nH]c2cc1S(=O)(=O)Nc1c(Cl)cc(OC)cc1OC)CCCC3=O. The second kappa shape index (κ2) is 8.09. The van der Waals surface area contributed by atoms with Crippen molar-refractivity contribution in [3.63, 3.8) is 0 Å². The largest absolute Gasteiger partial charge is 0.497 e. The van der Waals surface area contributed by atoms with Crippen molar-refractivity contribution in [2.24, 2.45) is 0 Å². The Labute approximate surface area is 185 Å². The minimum Gasteiger partial charge on any atom is -0.497 e. The number of methoxy groups -OCH3 is 2. The third-order valence-corrected chi connectivity index (χ3v) is 7.29. The van der Waals surface area contributed by atoms with Crippen LogP contribution in [0.1, 0.15) is 41.4 Å². The van der Waals surface area contributed by atoms with Crippen molar-refractivity contribution in [3.8, 4) is 11.5 Å². The van der Waals surface area contributed by atoms with Gasteiger partial charge < -0.3 is 14.5 Å². The molecule has 3 aromatic rings. The molecule has 7 nitrogen and oxygen atoms in total. The molecular formula is C22H23ClN2O5S. The lowest BCUT2D eigenvalue weighted by Crippen LogP contribution is -2.16. The van der Waals surface area contributed by atoms with Gasteiger partial charge in [-0.3, -0.25) is 9.52 Å². The molecule has 1 aliphatic carbocycles. The first-order valence-electron chi connectivity index (χ1n) is 9.94. The number of anilines is 1. The number of rotatable bonds is 6. The number of aromatic amines is 1. The fourth-order valence-corrected chi connectivity index (χ4v) is 5.75. The zero-order valence-corrected chi connectivity index (χ0v) is 19.0. The van der Waals surface area contributed by atoms with Gasteiger partial charge in [-0.1, -0.05) is 18.5 Å². The van der Waals surface area contributed by atoms with Crippen molar-refractivity contribution < 1.29 is 22.7 Å². The lowest BCUT2D eigenvalue weighted by atomic mass is 9.94. The zero-order chi connectivity index (χ0) is 22.3. The van der Waals surface area contributed by atoms with Gasteiger partial charge in [0.2, 0.25) is 0 Å². The summed E-state index contributed by atoms with van der Waals surface area (Å²) in [7, 11) is -1.09. The number of Topliss-reactive ketones (excluding diaryl/α,β-unsaturated/α-hetero) is 1. The van der Waals surface area contributed by atoms with Crippen molar-refractivity contribution in [3.05, 3.63) is 46.1 Å². The summed E-state index contributed by atoms with van der Waals surface area (Å²) in [5.41, 5.74) is 2.94. The molecule has 4 rings (SSSR count). The highest BCUT2D eigenvalue weighted by molar-refractivity contribution is 7.92. The Morgan fingerprint density at radius 1 is 1.13 bits per heavy atom. The van der Waals surface area contributed by atoms with Gasteiger partial charge in [-0.25, -0.2) is 8.42 Å². The predicted molar refractivity (Wildman–Crippen MR) is 120 cm³/mol. The Bertz CT molecular complexity index is 1300. The van der Waals surface area contributed by atoms with Gasteiger partial charge in [0.15, 0.2) is 5.78 Å². The smallest absolute Gasteiger partial charge is 0.262 e. The molecule has 0 fully saturated rings. The van der Waals surface area contributed by atoms with Crippen molar-refractivity contribution >= 4 is 44.0 Å². The molecule has 9 heteroatoms. The number of halogens is 1. The summed E-state index contributed by atoms with van der Waals surface area (Å²) in [6.07, 6.45) is 2.56. The van der Waals surface area contributed by atoms with Crippen molar-refractivity contribution in [1.29, 1.82) is 0 Å². The third-order valence-electron chi connectivity index (χ3n) is 5.56. The molecule has 0 aliphatic heterocycles. The van der Waals surface area contributed by atoms with Crippen LogP contribution >= 0.6 is 11.6 Å². The number of H-pyrrole nitrogens is 1. The zero-order valence-electron chi connectivity index (χ0n) is 17.5. The molecule has 1 aliphatic rings. The molecule has 31 heavy (non-hydrogen) atoms. The van der Waals surface area contributed by atoms with E-state index in [-0.39, 0.29) is 27.1 Å². The number of aryl methyl sites for hydroxylation is 2. The Kier molecular flexibility index (Phi) is 5.61. The Morgan fingerprint density at radius 3 is 2.58 bits per heavy atom. The van der Waals surface area contributed by atoms with Gasteiger partial charge in [0.05, 0.1) is 24.1 Å². The van der Waals surface area contributed by atoms with Crippen LogP contribution in [0, 0.1) is 0 Å². The minimum absolute atomic E-state index is 0.0954. The molecule has 1 aromatic heterocycles. The topological polar surface area (TPSA) is 97.5 Å². The van der Waals surface area contributed by atoms with Gasteiger partial charge >= 0.3 is 0 Å². The summed E-state index contributed by atoms with van der Waals surface area (Å²) < 4.78 is 39.8. The van der Waals surface area contributed by atoms with E-state index in [1.807, 2.05) is 6.92 Å². The van der Waals surface area contributed by atoms with Gasteiger partial charge in [0.25, 0.3) is 10.0 Å². The maximum absolute atomic E-state index is 13.4. The van der Waals surface area contributed by atoms with Crippen LogP contribution in [0.2, 0.25) is 5.02 Å². The number of ketones is 1. The van der Waals surface area contributed by atoms with Crippen LogP contribution < -0.4 is 14.2 Å². The molecule has 0 unspecified atom stereocenters. The van der Waals surface area contributed by atoms with Gasteiger partial charge in [-0.15, -0.1) is 0 Å². The second-order valence-electron chi connectivity index (χ2n) is 7.41. The maximum Gasteiger partial charge on any atom is 0.262 e. The molecule has 2 aromatic carbocycles. The molecule has 0 radical (unpaired) electrons. The molecule has 0 bridgehead atoms. The van der Waals surface area contributed by atoms with Gasteiger partial charge in [0, 0.05) is 40.7 Å². The van der Waals surface area contributed by atoms with Crippen LogP contribution in [-0.4, -0.2) is 33.4 Å². The van der Waals surface area contributed by atoms with Gasteiger partial charge in [-0.05, 0) is 37.0 Å². The summed E-state index contributed by atoms with van der Waals surface area (Å²) in [6.45, 7) is 1.88. The van der Waals surface area contributed by atoms with E-state index in [0.717, 1.165) is 23.9 Å². The molecule has 0 atom stereocenters. The normalized spacial score (nSPS) is 13.9. The van der Waals surface area contributed by atoms with E-state index in [9.17, 15) is 13.2 Å². The summed E-state index contributed by atoms with van der Waals surface area (Å²) in [4.78, 5) is 15.8. The lowest BCUT2D eigenvalue weighted by molar-refractivity contribution is 0.0974. The second-order valence-corrected chi connectivity index (χ2v) is 9.46. The summed E-state index contributed by atoms with van der Waals surface area (Å²) in [5.74, 6) is 0.785. The fourth-order valence-electron chi connectivity index (χ4n) is 4.03. The van der Waals surface area contributed by atoms with E-state index in [0.29, 0.717) is 35.2 Å². The molecule has 0 amide bonds. The highest BCUT2D eigenvalue weighted by atomic mass is 35.5. The number of benzene rings is 2. The van der Waals surface area contributed by atoms with Crippen molar-refractivity contribution in [2.45, 2.75) is 37.5 Å². The molecule has 1 heterocycles. The van der Waals surface area contributed by atoms with E-state index in [4.69, 9.17) is 21.1 Å². The Balaban J connectivity index is 1.84. The van der Waals surface area contributed by atoms with Crippen LogP contribution in [0.5, 0.6) is 11.5 Å². The first-order chi connectivity index (χ1) is 14.8. The number of carbonyl (C=O) groups is 1. The predicted octanol–water partition coefficient (Wildman–Crippen LogP) is 4.72. The molecule has 0 spiro atoms. The Hall–Kier alpha value is -2.71. The molecular weight excluding hydrogens is 440 g/mol. The third kappa shape index (κ3) is 3.74. The van der Waals surface area contributed by atoms with Crippen molar-refractivity contribution in [2.75, 3.05) is 18.9 Å². The van der Waals surface area contributed by atoms with Gasteiger partial charge in [-0.2, -0.15) is 0 Å². The number of aromatic nitrogens is 1. The lowest BCUT2D eigenvalue weighted by Gasteiger charge is -2.16. The average molecular weight is 463 g/mol. The molecule has 2 N–H and O–H groups in total.